The molecule has 2 N–H and O–H groups in total. The lowest BCUT2D eigenvalue weighted by molar-refractivity contribution is -0.900. The topological polar surface area (TPSA) is 80.0 Å². The molecule has 0 aliphatic carbocycles. The number of pyridine rings is 1. The van der Waals surface area contributed by atoms with E-state index in [2.05, 4.69) is 47.8 Å². The highest BCUT2D eigenvalue weighted by Gasteiger charge is 2.37. The fraction of sp³-hybridized carbons (Fsp3) is 0.500. The van der Waals surface area contributed by atoms with Crippen molar-refractivity contribution in [3.8, 4) is 5.69 Å². The summed E-state index contributed by atoms with van der Waals surface area (Å²) >= 11 is 0. The first kappa shape index (κ1) is 25.5. The van der Waals surface area contributed by atoms with E-state index in [9.17, 15) is 9.90 Å². The van der Waals surface area contributed by atoms with E-state index in [0.29, 0.717) is 5.92 Å². The molecule has 3 aromatic rings. The Morgan fingerprint density at radius 3 is 2.89 bits per heavy atom. The lowest BCUT2D eigenvalue weighted by atomic mass is 9.93. The summed E-state index contributed by atoms with van der Waals surface area (Å²) in [5.74, 6) is 0.944. The number of likely N-dealkylation sites (tertiary alicyclic amines) is 1. The summed E-state index contributed by atoms with van der Waals surface area (Å²) < 4.78 is 2.87. The van der Waals surface area contributed by atoms with Crippen LogP contribution in [0.3, 0.4) is 0 Å². The van der Waals surface area contributed by atoms with Crippen molar-refractivity contribution in [1.82, 2.24) is 14.8 Å². The molecule has 7 heteroatoms. The number of aromatic nitrogens is 3. The van der Waals surface area contributed by atoms with Gasteiger partial charge in [-0.3, -0.25) is 4.79 Å². The van der Waals surface area contributed by atoms with E-state index in [1.54, 1.807) is 0 Å². The second kappa shape index (κ2) is 10.7. The Kier molecular flexibility index (Phi) is 7.33. The van der Waals surface area contributed by atoms with Gasteiger partial charge >= 0.3 is 5.97 Å². The molecular formula is C30H40N5O2+. The Morgan fingerprint density at radius 2 is 2.11 bits per heavy atom. The Labute approximate surface area is 220 Å². The minimum Gasteiger partial charge on any atom is -0.481 e. The molecule has 0 saturated carbocycles. The van der Waals surface area contributed by atoms with Gasteiger partial charge in [0.2, 0.25) is 0 Å². The molecule has 7 nitrogen and oxygen atoms in total. The molecule has 4 heterocycles. The van der Waals surface area contributed by atoms with Gasteiger partial charge in [-0.2, -0.15) is 5.10 Å². The summed E-state index contributed by atoms with van der Waals surface area (Å²) in [5, 5.41) is 17.8. The molecule has 3 atom stereocenters. The van der Waals surface area contributed by atoms with Crippen LogP contribution < -0.4 is 5.32 Å². The SMILES string of the molecule is Cc1cc(C)n(-c2cccc(C(CC(=O)O)C[N+]3(C)CCC(CCc4ccc5c(n4)NCCC5)C3)c2)n1. The molecule has 0 amide bonds. The Hall–Kier alpha value is -3.19. The molecule has 1 aromatic carbocycles. The zero-order valence-electron chi connectivity index (χ0n) is 22.4. The van der Waals surface area contributed by atoms with E-state index in [0.717, 1.165) is 78.4 Å². The van der Waals surface area contributed by atoms with Crippen LogP contribution in [-0.2, 0) is 17.6 Å². The summed E-state index contributed by atoms with van der Waals surface area (Å²) in [6.45, 7) is 8.09. The average Bonchev–Trinajstić information content (AvgIpc) is 3.42. The van der Waals surface area contributed by atoms with Crippen molar-refractivity contribution in [2.75, 3.05) is 38.5 Å². The number of aliphatic carboxylic acids is 1. The van der Waals surface area contributed by atoms with Crippen molar-refractivity contribution in [1.29, 1.82) is 0 Å². The summed E-state index contributed by atoms with van der Waals surface area (Å²) in [6, 6.07) is 14.8. The highest BCUT2D eigenvalue weighted by molar-refractivity contribution is 5.68. The van der Waals surface area contributed by atoms with Crippen molar-refractivity contribution in [3.63, 3.8) is 0 Å². The predicted molar refractivity (Wildman–Crippen MR) is 146 cm³/mol. The zero-order valence-corrected chi connectivity index (χ0v) is 22.4. The highest BCUT2D eigenvalue weighted by Crippen LogP contribution is 2.32. The number of hydrogen-bond acceptors (Lipinski definition) is 4. The predicted octanol–water partition coefficient (Wildman–Crippen LogP) is 4.90. The van der Waals surface area contributed by atoms with Crippen molar-refractivity contribution < 1.29 is 14.4 Å². The molecule has 1 fully saturated rings. The van der Waals surface area contributed by atoms with Crippen LogP contribution in [0.2, 0.25) is 0 Å². The number of rotatable bonds is 9. The smallest absolute Gasteiger partial charge is 0.304 e. The monoisotopic (exact) mass is 502 g/mol. The van der Waals surface area contributed by atoms with Crippen molar-refractivity contribution in [2.24, 2.45) is 5.92 Å². The van der Waals surface area contributed by atoms with Crippen LogP contribution in [0.5, 0.6) is 0 Å². The van der Waals surface area contributed by atoms with Gasteiger partial charge in [0.05, 0.1) is 44.5 Å². The van der Waals surface area contributed by atoms with E-state index < -0.39 is 5.97 Å². The number of likely N-dealkylation sites (N-methyl/N-ethyl adjacent to an activating group) is 1. The van der Waals surface area contributed by atoms with E-state index in [-0.39, 0.29) is 12.3 Å². The van der Waals surface area contributed by atoms with Crippen molar-refractivity contribution in [2.45, 2.75) is 58.3 Å². The minimum atomic E-state index is -0.740. The van der Waals surface area contributed by atoms with Gasteiger partial charge in [-0.25, -0.2) is 9.67 Å². The number of nitrogens with one attached hydrogen (secondary N) is 1. The maximum Gasteiger partial charge on any atom is 0.304 e. The molecule has 196 valence electrons. The van der Waals surface area contributed by atoms with Crippen LogP contribution in [0, 0.1) is 19.8 Å². The maximum absolute atomic E-state index is 11.9. The number of carboxylic acid groups (broad SMARTS) is 1. The number of carbonyl (C=O) groups is 1. The maximum atomic E-state index is 11.9. The van der Waals surface area contributed by atoms with Gasteiger partial charge in [0, 0.05) is 36.2 Å². The first-order valence-electron chi connectivity index (χ1n) is 13.7. The third-order valence-electron chi connectivity index (χ3n) is 8.21. The summed E-state index contributed by atoms with van der Waals surface area (Å²) in [4.78, 5) is 16.7. The minimum absolute atomic E-state index is 0.0356. The van der Waals surface area contributed by atoms with Crippen LogP contribution in [0.15, 0.2) is 42.5 Å². The second-order valence-corrected chi connectivity index (χ2v) is 11.5. The lowest BCUT2D eigenvalue weighted by Crippen LogP contribution is -2.45. The number of fused-ring (bicyclic) bond motifs is 1. The quantitative estimate of drug-likeness (QED) is 0.407. The molecular weight excluding hydrogens is 462 g/mol. The lowest BCUT2D eigenvalue weighted by Gasteiger charge is -2.33. The number of hydrogen-bond donors (Lipinski definition) is 2. The fourth-order valence-corrected chi connectivity index (χ4v) is 6.39. The Balaban J connectivity index is 1.25. The molecule has 37 heavy (non-hydrogen) atoms. The van der Waals surface area contributed by atoms with Gasteiger partial charge < -0.3 is 14.9 Å². The zero-order chi connectivity index (χ0) is 26.0. The van der Waals surface area contributed by atoms with E-state index in [1.165, 1.54) is 24.1 Å². The fourth-order valence-electron chi connectivity index (χ4n) is 6.39. The van der Waals surface area contributed by atoms with Gasteiger partial charge in [0.1, 0.15) is 5.82 Å². The average molecular weight is 503 g/mol. The number of anilines is 1. The van der Waals surface area contributed by atoms with Crippen LogP contribution in [0.4, 0.5) is 5.82 Å². The largest absolute Gasteiger partial charge is 0.481 e. The van der Waals surface area contributed by atoms with Gasteiger partial charge in [0.25, 0.3) is 0 Å². The van der Waals surface area contributed by atoms with Crippen LogP contribution in [0.1, 0.15) is 59.8 Å². The van der Waals surface area contributed by atoms with Crippen molar-refractivity contribution >= 4 is 11.8 Å². The van der Waals surface area contributed by atoms with Gasteiger partial charge in [-0.1, -0.05) is 18.2 Å². The Morgan fingerprint density at radius 1 is 1.24 bits per heavy atom. The Bertz CT molecular complexity index is 1270. The molecule has 0 radical (unpaired) electrons. The third-order valence-corrected chi connectivity index (χ3v) is 8.21. The number of aryl methyl sites for hydroxylation is 4. The molecule has 2 aliphatic rings. The van der Waals surface area contributed by atoms with Gasteiger partial charge in [0.15, 0.2) is 0 Å². The first-order valence-corrected chi connectivity index (χ1v) is 13.7. The van der Waals surface area contributed by atoms with E-state index in [4.69, 9.17) is 4.98 Å². The van der Waals surface area contributed by atoms with Crippen molar-refractivity contribution in [3.05, 3.63) is 70.7 Å². The number of quaternary nitrogens is 1. The second-order valence-electron chi connectivity index (χ2n) is 11.5. The summed E-state index contributed by atoms with van der Waals surface area (Å²) in [7, 11) is 2.31. The molecule has 2 aliphatic heterocycles. The highest BCUT2D eigenvalue weighted by atomic mass is 16.4. The molecule has 1 saturated heterocycles. The van der Waals surface area contributed by atoms with Crippen LogP contribution in [-0.4, -0.2) is 63.6 Å². The van der Waals surface area contributed by atoms with Crippen LogP contribution in [0.25, 0.3) is 5.69 Å². The number of nitrogens with zero attached hydrogens (tertiary/aromatic N) is 4. The van der Waals surface area contributed by atoms with Gasteiger partial charge in [-0.15, -0.1) is 0 Å². The summed E-state index contributed by atoms with van der Waals surface area (Å²) in [5.41, 5.74) is 6.65. The molecule has 5 rings (SSSR count). The van der Waals surface area contributed by atoms with E-state index >= 15 is 0 Å². The molecule has 2 aromatic heterocycles. The standard InChI is InChI=1S/C30H39N5O2/c1-21-16-22(2)34(33-21)28-8-4-6-25(17-28)26(18-29(36)37)20-35(3)15-13-23(19-35)9-11-27-12-10-24-7-5-14-31-30(24)32-27/h4,6,8,10,12,16-17,23,26H,5,7,9,11,13-15,18-20H2,1-3H3,(H-,31,32,36,37)/p+1. The molecule has 0 spiro atoms. The van der Waals surface area contributed by atoms with Gasteiger partial charge in [-0.05, 0) is 74.9 Å². The molecule has 3 unspecified atom stereocenters. The number of benzene rings is 1. The summed E-state index contributed by atoms with van der Waals surface area (Å²) in [6.07, 6.45) is 5.77. The van der Waals surface area contributed by atoms with E-state index in [1.807, 2.05) is 30.7 Å². The number of carboxylic acids is 1. The third kappa shape index (κ3) is 6.04. The normalized spacial score (nSPS) is 21.9. The van der Waals surface area contributed by atoms with Crippen LogP contribution >= 0.6 is 0 Å². The molecule has 0 bridgehead atoms. The first-order chi connectivity index (χ1) is 17.8.